The van der Waals surface area contributed by atoms with E-state index in [4.69, 9.17) is 14.7 Å². The minimum absolute atomic E-state index is 0.340. The van der Waals surface area contributed by atoms with Crippen molar-refractivity contribution in [2.24, 2.45) is 0 Å². The highest BCUT2D eigenvalue weighted by molar-refractivity contribution is 5.61. The summed E-state index contributed by atoms with van der Waals surface area (Å²) in [5, 5.41) is 10.7. The van der Waals surface area contributed by atoms with Crippen molar-refractivity contribution in [3.63, 3.8) is 0 Å². The van der Waals surface area contributed by atoms with E-state index in [0.717, 1.165) is 88.3 Å². The Hall–Kier alpha value is -2.84. The van der Waals surface area contributed by atoms with E-state index in [1.54, 1.807) is 0 Å². The van der Waals surface area contributed by atoms with Crippen LogP contribution in [0.25, 0.3) is 11.4 Å². The lowest BCUT2D eigenvalue weighted by Gasteiger charge is -2.38. The number of hydrogen-bond acceptors (Lipinski definition) is 7. The standard InChI is InChI=1S/C30H39N5O2/c1-23-7-6-8-25(19-23)20-28-24(2)31-29(26-9-4-3-5-10-26)32-30(28)35-13-11-33(12-14-35)21-27(36)22-34-15-17-37-18-16-34/h3-10,19,27,36H,11-18,20-22H2,1-2H3/t27-/m1/s1. The monoisotopic (exact) mass is 501 g/mol. The number of rotatable bonds is 8. The molecule has 0 amide bonds. The quantitative estimate of drug-likeness (QED) is 0.509. The van der Waals surface area contributed by atoms with Crippen molar-refractivity contribution in [1.29, 1.82) is 0 Å². The van der Waals surface area contributed by atoms with Gasteiger partial charge in [0.25, 0.3) is 0 Å². The van der Waals surface area contributed by atoms with Crippen LogP contribution in [-0.2, 0) is 11.2 Å². The van der Waals surface area contributed by atoms with Crippen LogP contribution in [0.5, 0.6) is 0 Å². The molecule has 0 radical (unpaired) electrons. The number of benzene rings is 2. The summed E-state index contributed by atoms with van der Waals surface area (Å²) in [4.78, 5) is 17.2. The maximum atomic E-state index is 10.7. The van der Waals surface area contributed by atoms with Gasteiger partial charge in [-0.15, -0.1) is 0 Å². The van der Waals surface area contributed by atoms with Crippen LogP contribution < -0.4 is 4.90 Å². The van der Waals surface area contributed by atoms with E-state index in [1.165, 1.54) is 16.7 Å². The highest BCUT2D eigenvalue weighted by Crippen LogP contribution is 2.28. The topological polar surface area (TPSA) is 65.0 Å². The minimum Gasteiger partial charge on any atom is -0.390 e. The summed E-state index contributed by atoms with van der Waals surface area (Å²) in [6, 6.07) is 19.0. The number of anilines is 1. The summed E-state index contributed by atoms with van der Waals surface area (Å²) in [6.07, 6.45) is 0.476. The Kier molecular flexibility index (Phi) is 8.46. The van der Waals surface area contributed by atoms with Gasteiger partial charge >= 0.3 is 0 Å². The lowest BCUT2D eigenvalue weighted by atomic mass is 10.0. The van der Waals surface area contributed by atoms with E-state index < -0.39 is 0 Å². The Morgan fingerprint density at radius 3 is 2.24 bits per heavy atom. The van der Waals surface area contributed by atoms with Crippen LogP contribution in [0.1, 0.15) is 22.4 Å². The largest absolute Gasteiger partial charge is 0.390 e. The molecule has 196 valence electrons. The fourth-order valence-corrected chi connectivity index (χ4v) is 5.37. The number of aromatic nitrogens is 2. The van der Waals surface area contributed by atoms with Gasteiger partial charge in [0.15, 0.2) is 5.82 Å². The zero-order chi connectivity index (χ0) is 25.6. The van der Waals surface area contributed by atoms with Gasteiger partial charge in [-0.25, -0.2) is 9.97 Å². The van der Waals surface area contributed by atoms with Crippen LogP contribution in [0.2, 0.25) is 0 Å². The maximum Gasteiger partial charge on any atom is 0.161 e. The summed E-state index contributed by atoms with van der Waals surface area (Å²) in [5.41, 5.74) is 5.83. The summed E-state index contributed by atoms with van der Waals surface area (Å²) < 4.78 is 5.43. The summed E-state index contributed by atoms with van der Waals surface area (Å²) in [7, 11) is 0. The van der Waals surface area contributed by atoms with Crippen LogP contribution >= 0.6 is 0 Å². The van der Waals surface area contributed by atoms with Crippen LogP contribution in [0.4, 0.5) is 5.82 Å². The molecule has 2 saturated heterocycles. The van der Waals surface area contributed by atoms with Gasteiger partial charge in [0.1, 0.15) is 5.82 Å². The predicted octanol–water partition coefficient (Wildman–Crippen LogP) is 3.17. The molecule has 0 unspecified atom stereocenters. The van der Waals surface area contributed by atoms with Gasteiger partial charge in [0, 0.05) is 75.6 Å². The van der Waals surface area contributed by atoms with Gasteiger partial charge < -0.3 is 14.7 Å². The molecule has 2 aliphatic heterocycles. The van der Waals surface area contributed by atoms with Crippen LogP contribution in [0.15, 0.2) is 54.6 Å². The van der Waals surface area contributed by atoms with Crippen molar-refractivity contribution in [2.75, 3.05) is 70.5 Å². The molecular weight excluding hydrogens is 462 g/mol. The lowest BCUT2D eigenvalue weighted by Crippen LogP contribution is -2.51. The molecule has 1 N–H and O–H groups in total. The Bertz CT molecular complexity index is 1160. The van der Waals surface area contributed by atoms with E-state index in [0.29, 0.717) is 6.54 Å². The van der Waals surface area contributed by atoms with Crippen molar-refractivity contribution in [1.82, 2.24) is 19.8 Å². The summed E-state index contributed by atoms with van der Waals surface area (Å²) >= 11 is 0. The highest BCUT2D eigenvalue weighted by Gasteiger charge is 2.25. The zero-order valence-electron chi connectivity index (χ0n) is 22.1. The fourth-order valence-electron chi connectivity index (χ4n) is 5.37. The molecule has 7 nitrogen and oxygen atoms in total. The third-order valence-corrected chi connectivity index (χ3v) is 7.40. The second-order valence-electron chi connectivity index (χ2n) is 10.3. The molecule has 0 aliphatic carbocycles. The Labute approximate surface area is 220 Å². The van der Waals surface area contributed by atoms with Crippen LogP contribution in [0, 0.1) is 13.8 Å². The van der Waals surface area contributed by atoms with Crippen molar-refractivity contribution in [3.05, 3.63) is 77.0 Å². The Morgan fingerprint density at radius 1 is 0.838 bits per heavy atom. The molecule has 0 spiro atoms. The van der Waals surface area contributed by atoms with Gasteiger partial charge in [-0.3, -0.25) is 9.80 Å². The Morgan fingerprint density at radius 2 is 1.54 bits per heavy atom. The number of aliphatic hydroxyl groups is 1. The van der Waals surface area contributed by atoms with Crippen molar-refractivity contribution >= 4 is 5.82 Å². The van der Waals surface area contributed by atoms with Crippen molar-refractivity contribution in [2.45, 2.75) is 26.4 Å². The maximum absolute atomic E-state index is 10.7. The SMILES string of the molecule is Cc1cccc(Cc2c(C)nc(-c3ccccc3)nc2N2CCN(C[C@@H](O)CN3CCOCC3)CC2)c1. The number of hydrogen-bond donors (Lipinski definition) is 1. The first-order chi connectivity index (χ1) is 18.0. The van der Waals surface area contributed by atoms with Gasteiger partial charge in [-0.1, -0.05) is 60.2 Å². The molecule has 0 saturated carbocycles. The van der Waals surface area contributed by atoms with E-state index in [2.05, 4.69) is 64.9 Å². The molecule has 7 heteroatoms. The number of piperazine rings is 1. The van der Waals surface area contributed by atoms with Gasteiger partial charge in [-0.2, -0.15) is 0 Å². The molecule has 3 aromatic rings. The molecular formula is C30H39N5O2. The zero-order valence-corrected chi connectivity index (χ0v) is 22.1. The van der Waals surface area contributed by atoms with Crippen LogP contribution in [0.3, 0.4) is 0 Å². The van der Waals surface area contributed by atoms with E-state index in [1.807, 2.05) is 18.2 Å². The smallest absolute Gasteiger partial charge is 0.161 e. The molecule has 5 rings (SSSR count). The first-order valence-electron chi connectivity index (χ1n) is 13.5. The lowest BCUT2D eigenvalue weighted by molar-refractivity contribution is 0.00655. The first-order valence-corrected chi connectivity index (χ1v) is 13.5. The van der Waals surface area contributed by atoms with Crippen LogP contribution in [-0.4, -0.2) is 96.6 Å². The van der Waals surface area contributed by atoms with E-state index in [-0.39, 0.29) is 6.10 Å². The van der Waals surface area contributed by atoms with Gasteiger partial charge in [-0.05, 0) is 19.4 Å². The third kappa shape index (κ3) is 6.73. The average Bonchev–Trinajstić information content (AvgIpc) is 2.91. The minimum atomic E-state index is -0.340. The van der Waals surface area contributed by atoms with Crippen molar-refractivity contribution in [3.8, 4) is 11.4 Å². The van der Waals surface area contributed by atoms with E-state index >= 15 is 0 Å². The van der Waals surface area contributed by atoms with E-state index in [9.17, 15) is 5.11 Å². The first kappa shape index (κ1) is 25.8. The summed E-state index contributed by atoms with van der Waals surface area (Å²) in [5.74, 6) is 1.82. The normalized spacial score (nSPS) is 18.2. The molecule has 1 aromatic heterocycles. The highest BCUT2D eigenvalue weighted by atomic mass is 16.5. The summed E-state index contributed by atoms with van der Waals surface area (Å²) in [6.45, 7) is 12.6. The number of aliphatic hydroxyl groups excluding tert-OH is 1. The second-order valence-corrected chi connectivity index (χ2v) is 10.3. The number of ether oxygens (including phenoxy) is 1. The second kappa shape index (κ2) is 12.1. The molecule has 3 heterocycles. The molecule has 2 fully saturated rings. The predicted molar refractivity (Wildman–Crippen MR) is 148 cm³/mol. The number of nitrogens with zero attached hydrogens (tertiary/aromatic N) is 5. The fraction of sp³-hybridized carbons (Fsp3) is 0.467. The van der Waals surface area contributed by atoms with Gasteiger partial charge in [0.05, 0.1) is 19.3 Å². The molecule has 0 bridgehead atoms. The molecule has 1 atom stereocenters. The average molecular weight is 502 g/mol. The number of β-amino-alcohol motifs (C(OH)–C–C–N with tert-alkyl or cyclic N) is 1. The molecule has 2 aromatic carbocycles. The van der Waals surface area contributed by atoms with Crippen molar-refractivity contribution < 1.29 is 9.84 Å². The number of aryl methyl sites for hydroxylation is 2. The third-order valence-electron chi connectivity index (χ3n) is 7.40. The molecule has 2 aliphatic rings. The molecule has 37 heavy (non-hydrogen) atoms. The number of morpholine rings is 1. The van der Waals surface area contributed by atoms with Gasteiger partial charge in [0.2, 0.25) is 0 Å². The Balaban J connectivity index is 1.32.